The van der Waals surface area contributed by atoms with Gasteiger partial charge in [-0.05, 0) is 52.4 Å². The molecule has 1 aromatic carbocycles. The van der Waals surface area contributed by atoms with Crippen molar-refractivity contribution in [1.29, 1.82) is 0 Å². The van der Waals surface area contributed by atoms with E-state index in [1.807, 2.05) is 12.1 Å². The van der Waals surface area contributed by atoms with Gasteiger partial charge in [0.1, 0.15) is 0 Å². The summed E-state index contributed by atoms with van der Waals surface area (Å²) in [6.45, 7) is 2.60. The Morgan fingerprint density at radius 2 is 2.27 bits per heavy atom. The Morgan fingerprint density at radius 1 is 1.46 bits per heavy atom. The Labute approximate surface area is 178 Å². The predicted octanol–water partition coefficient (Wildman–Crippen LogP) is 2.46. The molecule has 144 valence electrons. The van der Waals surface area contributed by atoms with Gasteiger partial charge in [0.15, 0.2) is 17.5 Å². The first-order valence-electron chi connectivity index (χ1n) is 8.38. The number of primary amides is 1. The average Bonchev–Trinajstić information content (AvgIpc) is 3.04. The fourth-order valence-electron chi connectivity index (χ4n) is 3.34. The van der Waals surface area contributed by atoms with Crippen LogP contribution in [0.5, 0.6) is 11.5 Å². The summed E-state index contributed by atoms with van der Waals surface area (Å²) in [6, 6.07) is 3.99. The third-order valence-electron chi connectivity index (χ3n) is 4.46. The van der Waals surface area contributed by atoms with Crippen molar-refractivity contribution in [3.8, 4) is 11.5 Å². The van der Waals surface area contributed by atoms with Crippen molar-refractivity contribution in [3.63, 3.8) is 0 Å². The average molecular weight is 539 g/mol. The Morgan fingerprint density at radius 3 is 3.00 bits per heavy atom. The van der Waals surface area contributed by atoms with Gasteiger partial charge < -0.3 is 25.4 Å². The number of benzene rings is 1. The second-order valence-corrected chi connectivity index (χ2v) is 7.19. The Balaban J connectivity index is 0.00000243. The van der Waals surface area contributed by atoms with Gasteiger partial charge in [0.05, 0.1) is 4.47 Å². The molecule has 26 heavy (non-hydrogen) atoms. The number of amides is 1. The second-order valence-electron chi connectivity index (χ2n) is 6.34. The van der Waals surface area contributed by atoms with Gasteiger partial charge in [-0.2, -0.15) is 0 Å². The zero-order valence-electron chi connectivity index (χ0n) is 14.7. The van der Waals surface area contributed by atoms with E-state index in [9.17, 15) is 4.79 Å². The molecule has 0 spiro atoms. The van der Waals surface area contributed by atoms with Gasteiger partial charge >= 0.3 is 0 Å². The highest BCUT2D eigenvalue weighted by Crippen LogP contribution is 2.39. The lowest BCUT2D eigenvalue weighted by atomic mass is 9.95. The molecule has 1 saturated heterocycles. The number of carbonyl (C=O) groups is 1. The lowest BCUT2D eigenvalue weighted by Crippen LogP contribution is -2.46. The van der Waals surface area contributed by atoms with Crippen molar-refractivity contribution in [2.24, 2.45) is 16.6 Å². The number of piperidine rings is 1. The van der Waals surface area contributed by atoms with Crippen molar-refractivity contribution in [1.82, 2.24) is 10.2 Å². The number of likely N-dealkylation sites (tertiary alicyclic amines) is 1. The number of halogens is 2. The maximum atomic E-state index is 11.2. The van der Waals surface area contributed by atoms with Crippen molar-refractivity contribution in [2.75, 3.05) is 26.9 Å². The summed E-state index contributed by atoms with van der Waals surface area (Å²) in [5.41, 5.74) is 6.41. The number of nitrogens with zero attached hydrogens (tertiary/aromatic N) is 2. The number of nitrogens with one attached hydrogen (secondary N) is 1. The van der Waals surface area contributed by atoms with Crippen LogP contribution in [0.25, 0.3) is 0 Å². The van der Waals surface area contributed by atoms with E-state index >= 15 is 0 Å². The van der Waals surface area contributed by atoms with Gasteiger partial charge in [0.25, 0.3) is 0 Å². The largest absolute Gasteiger partial charge is 0.454 e. The fourth-order valence-corrected chi connectivity index (χ4v) is 3.95. The van der Waals surface area contributed by atoms with E-state index in [0.717, 1.165) is 53.4 Å². The van der Waals surface area contributed by atoms with Crippen LogP contribution in [-0.2, 0) is 11.3 Å². The van der Waals surface area contributed by atoms with Gasteiger partial charge in [0.2, 0.25) is 12.7 Å². The van der Waals surface area contributed by atoms with Crippen LogP contribution in [-0.4, -0.2) is 43.7 Å². The second kappa shape index (κ2) is 9.63. The first-order chi connectivity index (χ1) is 12.1. The van der Waals surface area contributed by atoms with Crippen molar-refractivity contribution in [2.45, 2.75) is 25.8 Å². The quantitative estimate of drug-likeness (QED) is 0.349. The highest BCUT2D eigenvalue weighted by Gasteiger charge is 2.24. The SMILES string of the molecule is CN=C(NCc1cc(Br)c2c(c1)OCO2)N1CCCC(CC(N)=O)C1.I. The Bertz CT molecular complexity index is 686. The molecule has 2 aliphatic rings. The summed E-state index contributed by atoms with van der Waals surface area (Å²) in [5, 5.41) is 3.39. The first kappa shape index (κ1) is 21.1. The summed E-state index contributed by atoms with van der Waals surface area (Å²) in [5.74, 6) is 2.39. The summed E-state index contributed by atoms with van der Waals surface area (Å²) < 4.78 is 11.7. The van der Waals surface area contributed by atoms with E-state index in [1.165, 1.54) is 0 Å². The van der Waals surface area contributed by atoms with E-state index in [4.69, 9.17) is 15.2 Å². The number of guanidine groups is 1. The zero-order chi connectivity index (χ0) is 17.8. The van der Waals surface area contributed by atoms with Crippen LogP contribution in [0.1, 0.15) is 24.8 Å². The molecule has 1 fully saturated rings. The molecule has 2 heterocycles. The molecule has 9 heteroatoms. The third-order valence-corrected chi connectivity index (χ3v) is 5.05. The van der Waals surface area contributed by atoms with Crippen molar-refractivity contribution in [3.05, 3.63) is 22.2 Å². The van der Waals surface area contributed by atoms with E-state index in [1.54, 1.807) is 7.05 Å². The maximum Gasteiger partial charge on any atom is 0.231 e. The number of hydrogen-bond donors (Lipinski definition) is 2. The van der Waals surface area contributed by atoms with Crippen LogP contribution in [0.2, 0.25) is 0 Å². The lowest BCUT2D eigenvalue weighted by molar-refractivity contribution is -0.119. The fraction of sp³-hybridized carbons (Fsp3) is 0.529. The normalized spacial score (nSPS) is 19.1. The van der Waals surface area contributed by atoms with Gasteiger partial charge in [0, 0.05) is 33.1 Å². The molecule has 0 radical (unpaired) electrons. The van der Waals surface area contributed by atoms with Crippen LogP contribution < -0.4 is 20.5 Å². The Kier molecular flexibility index (Phi) is 7.81. The molecule has 1 unspecified atom stereocenters. The molecule has 1 amide bonds. The van der Waals surface area contributed by atoms with Gasteiger partial charge in [-0.15, -0.1) is 24.0 Å². The highest BCUT2D eigenvalue weighted by molar-refractivity contribution is 14.0. The molecule has 3 N–H and O–H groups in total. The number of aliphatic imine (C=N–C) groups is 1. The van der Waals surface area contributed by atoms with E-state index in [2.05, 4.69) is 31.1 Å². The number of carbonyl (C=O) groups excluding carboxylic acids is 1. The number of hydrogen-bond acceptors (Lipinski definition) is 4. The minimum Gasteiger partial charge on any atom is -0.454 e. The molecule has 0 aromatic heterocycles. The molecule has 2 aliphatic heterocycles. The van der Waals surface area contributed by atoms with Crippen LogP contribution >= 0.6 is 39.9 Å². The molecule has 1 aromatic rings. The predicted molar refractivity (Wildman–Crippen MR) is 114 cm³/mol. The van der Waals surface area contributed by atoms with E-state index < -0.39 is 0 Å². The maximum absolute atomic E-state index is 11.2. The number of rotatable bonds is 4. The minimum atomic E-state index is -0.236. The topological polar surface area (TPSA) is 89.2 Å². The first-order valence-corrected chi connectivity index (χ1v) is 9.18. The van der Waals surface area contributed by atoms with Crippen LogP contribution in [0.4, 0.5) is 0 Å². The molecule has 0 saturated carbocycles. The molecular formula is C17H24BrIN4O3. The van der Waals surface area contributed by atoms with Crippen LogP contribution in [0, 0.1) is 5.92 Å². The van der Waals surface area contributed by atoms with Crippen LogP contribution in [0.3, 0.4) is 0 Å². The zero-order valence-corrected chi connectivity index (χ0v) is 18.6. The van der Waals surface area contributed by atoms with Gasteiger partial charge in [-0.1, -0.05) is 0 Å². The molecule has 3 rings (SSSR count). The highest BCUT2D eigenvalue weighted by atomic mass is 127. The smallest absolute Gasteiger partial charge is 0.231 e. The molecule has 7 nitrogen and oxygen atoms in total. The Hall–Kier alpha value is -1.23. The molecule has 1 atom stereocenters. The minimum absolute atomic E-state index is 0. The number of nitrogens with two attached hydrogens (primary N) is 1. The molecular weight excluding hydrogens is 515 g/mol. The van der Waals surface area contributed by atoms with Crippen LogP contribution in [0.15, 0.2) is 21.6 Å². The number of fused-ring (bicyclic) bond motifs is 1. The van der Waals surface area contributed by atoms with Gasteiger partial charge in [-0.3, -0.25) is 9.79 Å². The summed E-state index contributed by atoms with van der Waals surface area (Å²) in [7, 11) is 1.77. The van der Waals surface area contributed by atoms with Gasteiger partial charge in [-0.25, -0.2) is 0 Å². The monoisotopic (exact) mass is 538 g/mol. The summed E-state index contributed by atoms with van der Waals surface area (Å²) in [4.78, 5) is 17.8. The third kappa shape index (κ3) is 5.15. The molecule has 0 aliphatic carbocycles. The number of ether oxygens (including phenoxy) is 2. The summed E-state index contributed by atoms with van der Waals surface area (Å²) >= 11 is 3.51. The van der Waals surface area contributed by atoms with E-state index in [-0.39, 0.29) is 36.7 Å². The lowest BCUT2D eigenvalue weighted by Gasteiger charge is -2.34. The summed E-state index contributed by atoms with van der Waals surface area (Å²) in [6.07, 6.45) is 2.50. The standard InChI is InChI=1S/C17H23BrN4O3.HI/c1-20-17(22-4-2-3-11(9-22)7-15(19)23)21-8-12-5-13(18)16-14(6-12)24-10-25-16;/h5-6,11H,2-4,7-10H2,1H3,(H2,19,23)(H,20,21);1H. The molecule has 0 bridgehead atoms. The van der Waals surface area contributed by atoms with E-state index in [0.29, 0.717) is 18.9 Å². The van der Waals surface area contributed by atoms with Crippen molar-refractivity contribution >= 4 is 51.8 Å². The van der Waals surface area contributed by atoms with Crippen molar-refractivity contribution < 1.29 is 14.3 Å².